The zero-order chi connectivity index (χ0) is 53.1. The van der Waals surface area contributed by atoms with Crippen LogP contribution >= 0.6 is 11.8 Å². The largest absolute Gasteiger partial charge is 0.456 e. The Labute approximate surface area is 467 Å². The van der Waals surface area contributed by atoms with Crippen molar-refractivity contribution < 1.29 is 4.42 Å². The molecule has 378 valence electrons. The summed E-state index contributed by atoms with van der Waals surface area (Å²) >= 11 is 1.79. The molecule has 3 nitrogen and oxygen atoms in total. The number of rotatable bonds is 7. The molecule has 13 aromatic rings. The van der Waals surface area contributed by atoms with Crippen LogP contribution in [0.15, 0.2) is 318 Å². The van der Waals surface area contributed by atoms with Gasteiger partial charge >= 0.3 is 0 Å². The van der Waals surface area contributed by atoms with Crippen molar-refractivity contribution in [2.24, 2.45) is 0 Å². The van der Waals surface area contributed by atoms with Crippen molar-refractivity contribution in [1.82, 2.24) is 0 Å². The Morgan fingerprint density at radius 2 is 0.696 bits per heavy atom. The second-order valence-electron chi connectivity index (χ2n) is 19.5. The third kappa shape index (κ3) is 8.77. The fourth-order valence-electron chi connectivity index (χ4n) is 11.8. The van der Waals surface area contributed by atoms with Gasteiger partial charge in [0.15, 0.2) is 0 Å². The number of hydrogen-bond acceptors (Lipinski definition) is 4. The second kappa shape index (κ2) is 21.4. The summed E-state index contributed by atoms with van der Waals surface area (Å²) < 4.78 is 6.29. The average molecular weight is 1030 g/mol. The van der Waals surface area contributed by atoms with Gasteiger partial charge in [-0.1, -0.05) is 238 Å². The summed E-state index contributed by atoms with van der Waals surface area (Å²) in [5.41, 5.74) is 20.1. The number of para-hydroxylation sites is 4. The summed E-state index contributed by atoms with van der Waals surface area (Å²) in [6.07, 6.45) is 0. The molecule has 4 heteroatoms. The topological polar surface area (TPSA) is 19.6 Å². The molecule has 15 rings (SSSR count). The average Bonchev–Trinajstić information content (AvgIpc) is 3.11. The minimum atomic E-state index is -0.654. The molecule has 12 aromatic carbocycles. The molecule has 0 radical (unpaired) electrons. The van der Waals surface area contributed by atoms with E-state index in [0.717, 1.165) is 61.5 Å². The standard InChI is InChI=1S/C61H40N2O.C12H10S.C2H6/c1-3-16-41(17-4-1)43-30-35-46(36-31-43)63-56-27-13-10-24-52(56)61(53-40-45(34-39-57(53)63)42-18-5-2-6-19-42)50-22-8-11-25-54(50)62(55-26-12-9-23-51(55)61)47-37-32-44(33-38-47)48-21-15-29-59-60(48)49-20-7-14-28-58(49)64-59;1-3-7-11(8-4-1)13-12-9-5-2-6-10-12;1-2/h1-40H;1-10H;1-2H3. The first-order valence-electron chi connectivity index (χ1n) is 27.2. The first-order chi connectivity index (χ1) is 39.2. The van der Waals surface area contributed by atoms with Gasteiger partial charge in [0.05, 0.1) is 28.2 Å². The molecule has 2 aliphatic heterocycles. The molecule has 0 N–H and O–H groups in total. The first-order valence-corrected chi connectivity index (χ1v) is 28.1. The third-order valence-electron chi connectivity index (χ3n) is 15.2. The molecule has 0 amide bonds. The van der Waals surface area contributed by atoms with Gasteiger partial charge in [0.2, 0.25) is 0 Å². The van der Waals surface area contributed by atoms with Crippen molar-refractivity contribution in [2.75, 3.05) is 9.80 Å². The lowest BCUT2D eigenvalue weighted by Gasteiger charge is -2.51. The Hall–Kier alpha value is -9.61. The van der Waals surface area contributed by atoms with Crippen molar-refractivity contribution in [3.8, 4) is 33.4 Å². The number of benzene rings is 12. The van der Waals surface area contributed by atoms with Gasteiger partial charge in [0.25, 0.3) is 0 Å². The van der Waals surface area contributed by atoms with Crippen LogP contribution in [0.1, 0.15) is 36.1 Å². The minimum Gasteiger partial charge on any atom is -0.456 e. The van der Waals surface area contributed by atoms with Crippen LogP contribution in [0.25, 0.3) is 55.3 Å². The number of fused-ring (bicyclic) bond motifs is 11. The molecule has 2 aliphatic rings. The maximum absolute atomic E-state index is 6.29. The van der Waals surface area contributed by atoms with Gasteiger partial charge in [-0.3, -0.25) is 0 Å². The van der Waals surface area contributed by atoms with Crippen molar-refractivity contribution in [3.05, 3.63) is 326 Å². The van der Waals surface area contributed by atoms with E-state index in [4.69, 9.17) is 4.42 Å². The fourth-order valence-corrected chi connectivity index (χ4v) is 12.7. The first kappa shape index (κ1) is 49.0. The number of furan rings is 1. The normalized spacial score (nSPS) is 12.5. The molecule has 0 saturated heterocycles. The highest BCUT2D eigenvalue weighted by Gasteiger charge is 2.52. The smallest absolute Gasteiger partial charge is 0.136 e. The maximum atomic E-state index is 6.29. The van der Waals surface area contributed by atoms with Crippen molar-refractivity contribution >= 4 is 67.8 Å². The van der Waals surface area contributed by atoms with E-state index < -0.39 is 5.41 Å². The molecule has 79 heavy (non-hydrogen) atoms. The van der Waals surface area contributed by atoms with Crippen LogP contribution in [0.3, 0.4) is 0 Å². The van der Waals surface area contributed by atoms with E-state index in [1.54, 1.807) is 11.8 Å². The third-order valence-corrected chi connectivity index (χ3v) is 16.2. The monoisotopic (exact) mass is 1030 g/mol. The van der Waals surface area contributed by atoms with E-state index in [-0.39, 0.29) is 0 Å². The SMILES string of the molecule is CC.c1ccc(-c2ccc(N3c4ccccc4C4(c5ccccc5N(c5ccc(-c6cccc7oc8ccccc8c67)cc5)c5ccccc54)c4cc(-c5ccccc5)ccc43)cc2)cc1.c1ccc(Sc2ccccc2)cc1. The highest BCUT2D eigenvalue weighted by Crippen LogP contribution is 2.64. The quantitative estimate of drug-likeness (QED) is 0.158. The number of anilines is 6. The summed E-state index contributed by atoms with van der Waals surface area (Å²) in [7, 11) is 0. The van der Waals surface area contributed by atoms with Gasteiger partial charge in [-0.15, -0.1) is 0 Å². The van der Waals surface area contributed by atoms with E-state index >= 15 is 0 Å². The van der Waals surface area contributed by atoms with Gasteiger partial charge < -0.3 is 14.2 Å². The maximum Gasteiger partial charge on any atom is 0.136 e. The highest BCUT2D eigenvalue weighted by molar-refractivity contribution is 7.99. The minimum absolute atomic E-state index is 0.654. The van der Waals surface area contributed by atoms with Crippen LogP contribution in [0, 0.1) is 0 Å². The molecule has 0 atom stereocenters. The van der Waals surface area contributed by atoms with Crippen molar-refractivity contribution in [1.29, 1.82) is 0 Å². The van der Waals surface area contributed by atoms with Crippen LogP contribution in [0.4, 0.5) is 34.1 Å². The van der Waals surface area contributed by atoms with E-state index in [2.05, 4.69) is 289 Å². The van der Waals surface area contributed by atoms with Crippen molar-refractivity contribution in [2.45, 2.75) is 29.1 Å². The molecule has 3 heterocycles. The number of hydrogen-bond donors (Lipinski definition) is 0. The summed E-state index contributed by atoms with van der Waals surface area (Å²) in [5.74, 6) is 0. The predicted molar refractivity (Wildman–Crippen MR) is 333 cm³/mol. The van der Waals surface area contributed by atoms with E-state index in [0.29, 0.717) is 0 Å². The zero-order valence-corrected chi connectivity index (χ0v) is 44.9. The molecule has 1 spiro atoms. The second-order valence-corrected chi connectivity index (χ2v) is 20.7. The molecule has 0 saturated carbocycles. The van der Waals surface area contributed by atoms with Crippen LogP contribution < -0.4 is 9.80 Å². The summed E-state index contributed by atoms with van der Waals surface area (Å²) in [4.78, 5) is 7.51. The molecular weight excluding hydrogens is 977 g/mol. The molecule has 1 aromatic heterocycles. The van der Waals surface area contributed by atoms with E-state index in [1.165, 1.54) is 60.0 Å². The van der Waals surface area contributed by atoms with Gasteiger partial charge in [-0.25, -0.2) is 0 Å². The van der Waals surface area contributed by atoms with Gasteiger partial charge in [0, 0.05) is 31.9 Å². The Kier molecular flexibility index (Phi) is 13.3. The van der Waals surface area contributed by atoms with Crippen LogP contribution in [-0.4, -0.2) is 0 Å². The lowest BCUT2D eigenvalue weighted by Crippen LogP contribution is -2.42. The van der Waals surface area contributed by atoms with Crippen LogP contribution in [0.5, 0.6) is 0 Å². The summed E-state index contributed by atoms with van der Waals surface area (Å²) in [5, 5.41) is 2.28. The summed E-state index contributed by atoms with van der Waals surface area (Å²) in [6, 6.07) is 109. The lowest BCUT2D eigenvalue weighted by molar-refractivity contribution is 0.669. The zero-order valence-electron chi connectivity index (χ0n) is 44.1. The highest BCUT2D eigenvalue weighted by atomic mass is 32.2. The van der Waals surface area contributed by atoms with Gasteiger partial charge in [0.1, 0.15) is 11.2 Å². The fraction of sp³-hybridized carbons (Fsp3) is 0.0400. The van der Waals surface area contributed by atoms with Crippen LogP contribution in [-0.2, 0) is 5.41 Å². The van der Waals surface area contributed by atoms with Gasteiger partial charge in [-0.2, -0.15) is 0 Å². The van der Waals surface area contributed by atoms with Crippen LogP contribution in [0.2, 0.25) is 0 Å². The Morgan fingerprint density at radius 1 is 0.304 bits per heavy atom. The predicted octanol–water partition coefficient (Wildman–Crippen LogP) is 21.4. The van der Waals surface area contributed by atoms with E-state index in [1.807, 2.05) is 38.1 Å². The molecular formula is C75H56N2OS. The van der Waals surface area contributed by atoms with E-state index in [9.17, 15) is 0 Å². The van der Waals surface area contributed by atoms with Gasteiger partial charge in [-0.05, 0) is 147 Å². The lowest BCUT2D eigenvalue weighted by atomic mass is 9.60. The number of nitrogens with zero attached hydrogens (tertiary/aromatic N) is 2. The molecule has 0 aliphatic carbocycles. The molecule has 0 unspecified atom stereocenters. The Bertz CT molecular complexity index is 4150. The van der Waals surface area contributed by atoms with Crippen molar-refractivity contribution in [3.63, 3.8) is 0 Å². The Balaban J connectivity index is 0.000000344. The Morgan fingerprint density at radius 3 is 1.23 bits per heavy atom. The molecule has 0 bridgehead atoms. The molecule has 0 fully saturated rings. The summed E-state index contributed by atoms with van der Waals surface area (Å²) in [6.45, 7) is 4.00.